The highest BCUT2D eigenvalue weighted by Crippen LogP contribution is 2.36. The van der Waals surface area contributed by atoms with Gasteiger partial charge in [0.25, 0.3) is 0 Å². The van der Waals surface area contributed by atoms with Gasteiger partial charge in [-0.05, 0) is 29.3 Å². The largest absolute Gasteiger partial charge is 0.493 e. The zero-order chi connectivity index (χ0) is 12.1. The second-order valence-corrected chi connectivity index (χ2v) is 4.50. The molecule has 0 fully saturated rings. The molecule has 3 nitrogen and oxygen atoms in total. The third-order valence-corrected chi connectivity index (χ3v) is 3.14. The molecule has 0 radical (unpaired) electrons. The van der Waals surface area contributed by atoms with Gasteiger partial charge in [-0.15, -0.1) is 0 Å². The number of hydrogen-bond acceptors (Lipinski definition) is 3. The van der Waals surface area contributed by atoms with Crippen molar-refractivity contribution >= 4 is 21.6 Å². The Balaban J connectivity index is 3.01. The van der Waals surface area contributed by atoms with Crippen molar-refractivity contribution in [1.82, 2.24) is 0 Å². The van der Waals surface area contributed by atoms with E-state index in [1.165, 1.54) is 0 Å². The average Bonchev–Trinajstić information content (AvgIpc) is 2.30. The molecule has 0 aliphatic rings. The molecule has 0 saturated carbocycles. The van der Waals surface area contributed by atoms with Gasteiger partial charge in [-0.1, -0.05) is 6.92 Å². The third-order valence-electron chi connectivity index (χ3n) is 2.49. The number of methoxy groups -OCH3 is 2. The minimum atomic E-state index is 0.425. The van der Waals surface area contributed by atoms with E-state index in [9.17, 15) is 0 Å². The van der Waals surface area contributed by atoms with Crippen molar-refractivity contribution in [2.24, 2.45) is 0 Å². The first kappa shape index (κ1) is 13.2. The Morgan fingerprint density at radius 1 is 1.25 bits per heavy atom. The summed E-state index contributed by atoms with van der Waals surface area (Å²) >= 11 is 3.51. The maximum absolute atomic E-state index is 5.26. The average molecular weight is 288 g/mol. The number of anilines is 1. The number of hydrogen-bond donors (Lipinski definition) is 1. The predicted molar refractivity (Wildman–Crippen MR) is 70.6 cm³/mol. The molecule has 4 heteroatoms. The van der Waals surface area contributed by atoms with Crippen LogP contribution in [0, 0.1) is 0 Å². The summed E-state index contributed by atoms with van der Waals surface area (Å²) in [4.78, 5) is 0. The van der Waals surface area contributed by atoms with Crippen molar-refractivity contribution in [3.63, 3.8) is 0 Å². The summed E-state index contributed by atoms with van der Waals surface area (Å²) in [7, 11) is 3.27. The molecule has 1 aromatic carbocycles. The van der Waals surface area contributed by atoms with E-state index in [2.05, 4.69) is 35.1 Å². The monoisotopic (exact) mass is 287 g/mol. The molecule has 1 aromatic rings. The van der Waals surface area contributed by atoms with Gasteiger partial charge in [0.05, 0.1) is 19.9 Å². The minimum absolute atomic E-state index is 0.425. The first-order valence-electron chi connectivity index (χ1n) is 5.30. The fourth-order valence-corrected chi connectivity index (χ4v) is 1.77. The van der Waals surface area contributed by atoms with Crippen molar-refractivity contribution in [2.45, 2.75) is 26.3 Å². The summed E-state index contributed by atoms with van der Waals surface area (Å²) in [6.07, 6.45) is 1.07. The van der Waals surface area contributed by atoms with Gasteiger partial charge in [0.2, 0.25) is 0 Å². The summed E-state index contributed by atoms with van der Waals surface area (Å²) in [5.74, 6) is 1.46. The van der Waals surface area contributed by atoms with Crippen LogP contribution in [0.25, 0.3) is 0 Å². The number of halogens is 1. The summed E-state index contributed by atoms with van der Waals surface area (Å²) in [6.45, 7) is 4.29. The molecule has 0 amide bonds. The van der Waals surface area contributed by atoms with Gasteiger partial charge in [-0.25, -0.2) is 0 Å². The summed E-state index contributed by atoms with van der Waals surface area (Å²) in [5, 5.41) is 3.40. The Kier molecular flexibility index (Phi) is 4.93. The van der Waals surface area contributed by atoms with Crippen LogP contribution in [-0.4, -0.2) is 20.3 Å². The van der Waals surface area contributed by atoms with Crippen molar-refractivity contribution in [2.75, 3.05) is 19.5 Å². The first-order chi connectivity index (χ1) is 7.62. The van der Waals surface area contributed by atoms with Crippen LogP contribution >= 0.6 is 15.9 Å². The molecular weight excluding hydrogens is 270 g/mol. The van der Waals surface area contributed by atoms with Gasteiger partial charge in [0.15, 0.2) is 11.5 Å². The van der Waals surface area contributed by atoms with E-state index in [0.717, 1.165) is 28.1 Å². The van der Waals surface area contributed by atoms with Crippen molar-refractivity contribution in [3.8, 4) is 11.5 Å². The standard InChI is InChI=1S/C12H18BrNO2/c1-5-8(2)14-10-7-12(16-4)11(15-3)6-9(10)13/h6-8,14H,5H2,1-4H3. The molecule has 0 aliphatic heterocycles. The van der Waals surface area contributed by atoms with E-state index in [0.29, 0.717) is 6.04 Å². The van der Waals surface area contributed by atoms with Crippen LogP contribution in [0.3, 0.4) is 0 Å². The van der Waals surface area contributed by atoms with E-state index in [4.69, 9.17) is 9.47 Å². The lowest BCUT2D eigenvalue weighted by atomic mass is 10.2. The second kappa shape index (κ2) is 5.99. The van der Waals surface area contributed by atoms with Crippen LogP contribution in [0.5, 0.6) is 11.5 Å². The summed E-state index contributed by atoms with van der Waals surface area (Å²) < 4.78 is 11.5. The molecule has 0 bridgehead atoms. The van der Waals surface area contributed by atoms with Crippen molar-refractivity contribution in [1.29, 1.82) is 0 Å². The highest BCUT2D eigenvalue weighted by Gasteiger charge is 2.10. The predicted octanol–water partition coefficient (Wildman–Crippen LogP) is 3.68. The Hall–Kier alpha value is -0.900. The third kappa shape index (κ3) is 3.04. The van der Waals surface area contributed by atoms with Crippen molar-refractivity contribution in [3.05, 3.63) is 16.6 Å². The quantitative estimate of drug-likeness (QED) is 0.896. The number of nitrogens with one attached hydrogen (secondary N) is 1. The normalized spacial score (nSPS) is 12.1. The lowest BCUT2D eigenvalue weighted by Gasteiger charge is -2.17. The lowest BCUT2D eigenvalue weighted by molar-refractivity contribution is 0.355. The SMILES string of the molecule is CCC(C)Nc1cc(OC)c(OC)cc1Br. The topological polar surface area (TPSA) is 30.5 Å². The zero-order valence-corrected chi connectivity index (χ0v) is 11.7. The van der Waals surface area contributed by atoms with Gasteiger partial charge in [0, 0.05) is 22.6 Å². The highest BCUT2D eigenvalue weighted by molar-refractivity contribution is 9.10. The molecule has 1 rings (SSSR count). The maximum atomic E-state index is 5.26. The van der Waals surface area contributed by atoms with Crippen LogP contribution < -0.4 is 14.8 Å². The molecule has 16 heavy (non-hydrogen) atoms. The fourth-order valence-electron chi connectivity index (χ4n) is 1.33. The molecule has 1 N–H and O–H groups in total. The number of ether oxygens (including phenoxy) is 2. The highest BCUT2D eigenvalue weighted by atomic mass is 79.9. The van der Waals surface area contributed by atoms with E-state index in [-0.39, 0.29) is 0 Å². The fraction of sp³-hybridized carbons (Fsp3) is 0.500. The van der Waals surface area contributed by atoms with E-state index >= 15 is 0 Å². The Morgan fingerprint density at radius 3 is 2.31 bits per heavy atom. The summed E-state index contributed by atoms with van der Waals surface area (Å²) in [6, 6.07) is 4.27. The molecule has 1 unspecified atom stereocenters. The van der Waals surface area contributed by atoms with Gasteiger partial charge in [0.1, 0.15) is 0 Å². The van der Waals surface area contributed by atoms with Crippen LogP contribution in [0.1, 0.15) is 20.3 Å². The smallest absolute Gasteiger partial charge is 0.162 e. The molecule has 1 atom stereocenters. The number of benzene rings is 1. The molecule has 0 aromatic heterocycles. The molecule has 90 valence electrons. The minimum Gasteiger partial charge on any atom is -0.493 e. The number of rotatable bonds is 5. The van der Waals surface area contributed by atoms with Crippen LogP contribution in [-0.2, 0) is 0 Å². The molecule has 0 saturated heterocycles. The second-order valence-electron chi connectivity index (χ2n) is 3.64. The Bertz CT molecular complexity index is 355. The van der Waals surface area contributed by atoms with Gasteiger partial charge >= 0.3 is 0 Å². The Morgan fingerprint density at radius 2 is 1.81 bits per heavy atom. The van der Waals surface area contributed by atoms with E-state index < -0.39 is 0 Å². The van der Waals surface area contributed by atoms with Crippen LogP contribution in [0.15, 0.2) is 16.6 Å². The van der Waals surface area contributed by atoms with Gasteiger partial charge < -0.3 is 14.8 Å². The maximum Gasteiger partial charge on any atom is 0.162 e. The molecule has 0 heterocycles. The van der Waals surface area contributed by atoms with Crippen LogP contribution in [0.2, 0.25) is 0 Å². The van der Waals surface area contributed by atoms with Crippen LogP contribution in [0.4, 0.5) is 5.69 Å². The Labute approximate surface area is 105 Å². The zero-order valence-electron chi connectivity index (χ0n) is 10.1. The molecule has 0 spiro atoms. The van der Waals surface area contributed by atoms with Gasteiger partial charge in [-0.2, -0.15) is 0 Å². The van der Waals surface area contributed by atoms with E-state index in [1.54, 1.807) is 14.2 Å². The molecular formula is C12H18BrNO2. The molecule has 0 aliphatic carbocycles. The van der Waals surface area contributed by atoms with Gasteiger partial charge in [-0.3, -0.25) is 0 Å². The van der Waals surface area contributed by atoms with E-state index in [1.807, 2.05) is 12.1 Å². The lowest BCUT2D eigenvalue weighted by Crippen LogP contribution is -2.13. The first-order valence-corrected chi connectivity index (χ1v) is 6.09. The summed E-state index contributed by atoms with van der Waals surface area (Å²) in [5.41, 5.74) is 1.02. The van der Waals surface area contributed by atoms with Crippen molar-refractivity contribution < 1.29 is 9.47 Å².